The Balaban J connectivity index is 2.30. The molecule has 1 aromatic heterocycles. The molecule has 4 heteroatoms. The van der Waals surface area contributed by atoms with Crippen LogP contribution in [0.25, 0.3) is 0 Å². The van der Waals surface area contributed by atoms with E-state index in [9.17, 15) is 0 Å². The van der Waals surface area contributed by atoms with Crippen molar-refractivity contribution in [3.8, 4) is 0 Å². The van der Waals surface area contributed by atoms with Crippen molar-refractivity contribution in [2.24, 2.45) is 5.92 Å². The molecule has 0 N–H and O–H groups in total. The lowest BCUT2D eigenvalue weighted by atomic mass is 9.79. The van der Waals surface area contributed by atoms with E-state index in [2.05, 4.69) is 32.8 Å². The summed E-state index contributed by atoms with van der Waals surface area (Å²) in [5.74, 6) is 1.65. The van der Waals surface area contributed by atoms with Crippen LogP contribution in [0.3, 0.4) is 0 Å². The molecule has 1 fully saturated rings. The van der Waals surface area contributed by atoms with Crippen LogP contribution in [0.15, 0.2) is 6.20 Å². The first-order valence-electron chi connectivity index (χ1n) is 6.55. The van der Waals surface area contributed by atoms with Crippen molar-refractivity contribution in [1.82, 2.24) is 9.97 Å². The fourth-order valence-corrected chi connectivity index (χ4v) is 3.14. The van der Waals surface area contributed by atoms with Gasteiger partial charge in [0.15, 0.2) is 5.82 Å². The van der Waals surface area contributed by atoms with E-state index in [1.165, 1.54) is 12.8 Å². The number of halogens is 1. The summed E-state index contributed by atoms with van der Waals surface area (Å²) < 4.78 is 5.80. The topological polar surface area (TPSA) is 35.0 Å². The van der Waals surface area contributed by atoms with E-state index in [1.54, 1.807) is 7.11 Å². The highest BCUT2D eigenvalue weighted by Crippen LogP contribution is 2.40. The minimum absolute atomic E-state index is 0.262. The Labute approximate surface area is 117 Å². The minimum Gasteiger partial charge on any atom is -0.370 e. The van der Waals surface area contributed by atoms with E-state index in [4.69, 9.17) is 4.74 Å². The number of rotatable bonds is 3. The predicted molar refractivity (Wildman–Crippen MR) is 75.7 cm³/mol. The van der Waals surface area contributed by atoms with Gasteiger partial charge in [-0.3, -0.25) is 0 Å². The third-order valence-electron chi connectivity index (χ3n) is 4.11. The molecule has 0 aliphatic heterocycles. The zero-order chi connectivity index (χ0) is 13.2. The first-order chi connectivity index (χ1) is 8.61. The van der Waals surface area contributed by atoms with Crippen LogP contribution in [0, 0.1) is 12.8 Å². The van der Waals surface area contributed by atoms with Crippen molar-refractivity contribution in [3.63, 3.8) is 0 Å². The quantitative estimate of drug-likeness (QED) is 0.798. The molecule has 1 aliphatic carbocycles. The molecule has 0 spiro atoms. The predicted octanol–water partition coefficient (Wildman–Crippen LogP) is 3.73. The summed E-state index contributed by atoms with van der Waals surface area (Å²) in [6.45, 7) is 4.34. The van der Waals surface area contributed by atoms with Gasteiger partial charge in [-0.05, 0) is 38.5 Å². The van der Waals surface area contributed by atoms with Gasteiger partial charge in [-0.15, -0.1) is 0 Å². The fourth-order valence-electron chi connectivity index (χ4n) is 2.59. The molecule has 0 amide bonds. The van der Waals surface area contributed by atoms with E-state index in [0.717, 1.165) is 41.2 Å². The smallest absolute Gasteiger partial charge is 0.160 e. The van der Waals surface area contributed by atoms with Crippen LogP contribution in [-0.4, -0.2) is 17.1 Å². The molecule has 1 heterocycles. The average Bonchev–Trinajstić information content (AvgIpc) is 2.40. The molecule has 18 heavy (non-hydrogen) atoms. The summed E-state index contributed by atoms with van der Waals surface area (Å²) in [7, 11) is 1.78. The lowest BCUT2D eigenvalue weighted by Gasteiger charge is -2.37. The monoisotopic (exact) mass is 312 g/mol. The number of nitrogens with zero attached hydrogens (tertiary/aromatic N) is 2. The summed E-state index contributed by atoms with van der Waals surface area (Å²) in [5, 5.41) is 0.802. The summed E-state index contributed by atoms with van der Waals surface area (Å²) in [6.07, 6.45) is 6.35. The number of hydrogen-bond acceptors (Lipinski definition) is 3. The Hall–Kier alpha value is -0.480. The number of ether oxygens (including phenoxy) is 1. The van der Waals surface area contributed by atoms with E-state index < -0.39 is 0 Å². The molecule has 0 aromatic carbocycles. The van der Waals surface area contributed by atoms with Gasteiger partial charge in [0.1, 0.15) is 5.60 Å². The van der Waals surface area contributed by atoms with E-state index in [1.807, 2.05) is 13.1 Å². The van der Waals surface area contributed by atoms with Gasteiger partial charge in [-0.2, -0.15) is 0 Å². The molecule has 3 nitrogen and oxygen atoms in total. The SMILES string of the molecule is COC1(c2ncc(CBr)c(C)n2)CCC(C)CC1. The lowest BCUT2D eigenvalue weighted by molar-refractivity contribution is -0.0598. The highest BCUT2D eigenvalue weighted by molar-refractivity contribution is 9.08. The van der Waals surface area contributed by atoms with Crippen LogP contribution in [-0.2, 0) is 15.7 Å². The second-order valence-electron chi connectivity index (χ2n) is 5.32. The highest BCUT2D eigenvalue weighted by Gasteiger charge is 2.38. The zero-order valence-electron chi connectivity index (χ0n) is 11.4. The van der Waals surface area contributed by atoms with E-state index in [-0.39, 0.29) is 5.60 Å². The molecule has 100 valence electrons. The first-order valence-corrected chi connectivity index (χ1v) is 7.67. The first kappa shape index (κ1) is 13.9. The van der Waals surface area contributed by atoms with Gasteiger partial charge in [0.05, 0.1) is 0 Å². The van der Waals surface area contributed by atoms with Gasteiger partial charge < -0.3 is 4.74 Å². The van der Waals surface area contributed by atoms with Crippen molar-refractivity contribution < 1.29 is 4.74 Å². The highest BCUT2D eigenvalue weighted by atomic mass is 79.9. The van der Waals surface area contributed by atoms with Crippen molar-refractivity contribution in [1.29, 1.82) is 0 Å². The molecular weight excluding hydrogens is 292 g/mol. The van der Waals surface area contributed by atoms with Crippen LogP contribution in [0.4, 0.5) is 0 Å². The summed E-state index contributed by atoms with van der Waals surface area (Å²) in [5.41, 5.74) is 1.93. The largest absolute Gasteiger partial charge is 0.370 e. The number of methoxy groups -OCH3 is 1. The number of alkyl halides is 1. The molecule has 1 aliphatic rings. The summed E-state index contributed by atoms with van der Waals surface area (Å²) >= 11 is 3.46. The third kappa shape index (κ3) is 2.59. The van der Waals surface area contributed by atoms with Crippen LogP contribution in [0.2, 0.25) is 0 Å². The maximum Gasteiger partial charge on any atom is 0.160 e. The van der Waals surface area contributed by atoms with Crippen molar-refractivity contribution >= 4 is 15.9 Å². The van der Waals surface area contributed by atoms with Crippen molar-refractivity contribution in [2.45, 2.75) is 50.5 Å². The Bertz CT molecular complexity index is 414. The Kier molecular flexibility index (Phi) is 4.38. The van der Waals surface area contributed by atoms with Gasteiger partial charge in [0.2, 0.25) is 0 Å². The van der Waals surface area contributed by atoms with E-state index >= 15 is 0 Å². The number of aromatic nitrogens is 2. The Morgan fingerprint density at radius 2 is 2.11 bits per heavy atom. The van der Waals surface area contributed by atoms with Gasteiger partial charge >= 0.3 is 0 Å². The molecule has 2 rings (SSSR count). The molecule has 1 saturated carbocycles. The molecule has 0 saturated heterocycles. The maximum absolute atomic E-state index is 5.80. The second-order valence-corrected chi connectivity index (χ2v) is 5.88. The van der Waals surface area contributed by atoms with Gasteiger partial charge in [0, 0.05) is 29.9 Å². The van der Waals surface area contributed by atoms with Gasteiger partial charge in [0.25, 0.3) is 0 Å². The number of aryl methyl sites for hydroxylation is 1. The van der Waals surface area contributed by atoms with Crippen LogP contribution in [0.1, 0.15) is 49.7 Å². The second kappa shape index (κ2) is 5.66. The Morgan fingerprint density at radius 3 is 2.61 bits per heavy atom. The molecule has 0 radical (unpaired) electrons. The maximum atomic E-state index is 5.80. The zero-order valence-corrected chi connectivity index (χ0v) is 13.0. The molecule has 0 unspecified atom stereocenters. The van der Waals surface area contributed by atoms with Crippen molar-refractivity contribution in [3.05, 3.63) is 23.3 Å². The number of hydrogen-bond donors (Lipinski definition) is 0. The summed E-state index contributed by atoms with van der Waals surface area (Å²) in [4.78, 5) is 9.21. The molecule has 0 bridgehead atoms. The molecule has 1 aromatic rings. The minimum atomic E-state index is -0.262. The molecular formula is C14H21BrN2O. The van der Waals surface area contributed by atoms with E-state index in [0.29, 0.717) is 0 Å². The Morgan fingerprint density at radius 1 is 1.44 bits per heavy atom. The van der Waals surface area contributed by atoms with Crippen LogP contribution < -0.4 is 0 Å². The summed E-state index contributed by atoms with van der Waals surface area (Å²) in [6, 6.07) is 0. The lowest BCUT2D eigenvalue weighted by Crippen LogP contribution is -2.35. The third-order valence-corrected chi connectivity index (χ3v) is 4.71. The fraction of sp³-hybridized carbons (Fsp3) is 0.714. The van der Waals surface area contributed by atoms with Crippen LogP contribution >= 0.6 is 15.9 Å². The normalized spacial score (nSPS) is 28.3. The van der Waals surface area contributed by atoms with Crippen LogP contribution in [0.5, 0.6) is 0 Å². The van der Waals surface area contributed by atoms with Gasteiger partial charge in [-0.25, -0.2) is 9.97 Å². The standard InChI is InChI=1S/C14H21BrN2O/c1-10-4-6-14(18-3,7-5-10)13-16-9-12(8-15)11(2)17-13/h9-10H,4-8H2,1-3H3. The van der Waals surface area contributed by atoms with Crippen molar-refractivity contribution in [2.75, 3.05) is 7.11 Å². The average molecular weight is 313 g/mol. The molecule has 0 atom stereocenters. The van der Waals surface area contributed by atoms with Gasteiger partial charge in [-0.1, -0.05) is 22.9 Å².